The Hall–Kier alpha value is -1.97. The number of nitrogens with two attached hydrogens (primary N) is 1. The van der Waals surface area contributed by atoms with Crippen LogP contribution >= 0.6 is 39.7 Å². The van der Waals surface area contributed by atoms with Crippen molar-refractivity contribution in [2.45, 2.75) is 13.8 Å². The molecule has 0 saturated carbocycles. The predicted octanol–water partition coefficient (Wildman–Crippen LogP) is 4.31. The normalized spacial score (nSPS) is 10.2. The summed E-state index contributed by atoms with van der Waals surface area (Å²) in [7, 11) is 1.57. The van der Waals surface area contributed by atoms with Gasteiger partial charge in [0.25, 0.3) is 0 Å². The van der Waals surface area contributed by atoms with Crippen LogP contribution in [0.5, 0.6) is 5.75 Å². The summed E-state index contributed by atoms with van der Waals surface area (Å²) in [6.07, 6.45) is 0. The van der Waals surface area contributed by atoms with E-state index in [2.05, 4.69) is 15.3 Å². The quantitative estimate of drug-likeness (QED) is 0.616. The number of anilines is 2. The summed E-state index contributed by atoms with van der Waals surface area (Å²) >= 11 is 3.10. The van der Waals surface area contributed by atoms with Crippen molar-refractivity contribution in [2.24, 2.45) is 5.73 Å². The van der Waals surface area contributed by atoms with Gasteiger partial charge in [0.1, 0.15) is 5.75 Å². The Kier molecular flexibility index (Phi) is 6.15. The summed E-state index contributed by atoms with van der Waals surface area (Å²) in [6, 6.07) is 4.99. The molecule has 0 atom stereocenters. The first kappa shape index (κ1) is 19.4. The number of rotatable bonds is 5. The largest absolute Gasteiger partial charge is 0.495 e. The third kappa shape index (κ3) is 4.17. The summed E-state index contributed by atoms with van der Waals surface area (Å²) in [5.74, 6) is 0.123. The van der Waals surface area contributed by atoms with Crippen LogP contribution in [0.3, 0.4) is 0 Å². The van der Waals surface area contributed by atoms with Crippen LogP contribution in [0, 0.1) is 13.8 Å². The standard InChI is InChI=1S/C16H16N4O2S2.BrH/c1-8-14(24-9(2)18-8)12-7-23-16(20-12)19-11-6-10(15(17)21)4-5-13(11)22-3;/h4-7H,1-3H3,(H2,17,21)(H,19,20);1H. The van der Waals surface area contributed by atoms with E-state index in [1.54, 1.807) is 36.6 Å². The van der Waals surface area contributed by atoms with Crippen LogP contribution in [-0.4, -0.2) is 23.0 Å². The highest BCUT2D eigenvalue weighted by Gasteiger charge is 2.13. The zero-order valence-electron chi connectivity index (χ0n) is 13.8. The lowest BCUT2D eigenvalue weighted by atomic mass is 10.2. The Bertz CT molecular complexity index is 907. The summed E-state index contributed by atoms with van der Waals surface area (Å²) in [5, 5.41) is 6.89. The molecule has 0 saturated heterocycles. The molecule has 25 heavy (non-hydrogen) atoms. The lowest BCUT2D eigenvalue weighted by Gasteiger charge is -2.10. The molecule has 0 unspecified atom stereocenters. The number of benzene rings is 1. The molecule has 3 rings (SSSR count). The molecule has 0 radical (unpaired) electrons. The van der Waals surface area contributed by atoms with Crippen molar-refractivity contribution in [1.29, 1.82) is 0 Å². The van der Waals surface area contributed by atoms with Gasteiger partial charge in [-0.15, -0.1) is 39.7 Å². The van der Waals surface area contributed by atoms with Crippen LogP contribution in [0.4, 0.5) is 10.8 Å². The van der Waals surface area contributed by atoms with E-state index in [1.807, 2.05) is 19.2 Å². The molecule has 0 aliphatic rings. The SMILES string of the molecule is Br.COc1ccc(C(N)=O)cc1Nc1nc(-c2sc(C)nc2C)cs1. The van der Waals surface area contributed by atoms with Gasteiger partial charge in [-0.3, -0.25) is 4.79 Å². The van der Waals surface area contributed by atoms with Gasteiger partial charge in [0, 0.05) is 10.9 Å². The number of aryl methyl sites for hydroxylation is 2. The van der Waals surface area contributed by atoms with Gasteiger partial charge < -0.3 is 15.8 Å². The van der Waals surface area contributed by atoms with E-state index in [4.69, 9.17) is 10.5 Å². The third-order valence-corrected chi connectivity index (χ3v) is 5.22. The van der Waals surface area contributed by atoms with Gasteiger partial charge in [-0.2, -0.15) is 0 Å². The lowest BCUT2D eigenvalue weighted by molar-refractivity contribution is 0.100. The van der Waals surface area contributed by atoms with Crippen molar-refractivity contribution >= 4 is 56.4 Å². The predicted molar refractivity (Wildman–Crippen MR) is 108 cm³/mol. The molecule has 3 aromatic rings. The first-order chi connectivity index (χ1) is 11.5. The molecule has 0 spiro atoms. The number of nitrogens with one attached hydrogen (secondary N) is 1. The van der Waals surface area contributed by atoms with E-state index < -0.39 is 5.91 Å². The lowest BCUT2D eigenvalue weighted by Crippen LogP contribution is -2.11. The van der Waals surface area contributed by atoms with E-state index in [0.717, 1.165) is 21.3 Å². The van der Waals surface area contributed by atoms with Crippen LogP contribution in [0.2, 0.25) is 0 Å². The van der Waals surface area contributed by atoms with Crippen molar-refractivity contribution < 1.29 is 9.53 Å². The number of amides is 1. The van der Waals surface area contributed by atoms with Crippen LogP contribution in [0.1, 0.15) is 21.1 Å². The van der Waals surface area contributed by atoms with Gasteiger partial charge in [-0.25, -0.2) is 9.97 Å². The monoisotopic (exact) mass is 440 g/mol. The van der Waals surface area contributed by atoms with E-state index in [-0.39, 0.29) is 17.0 Å². The van der Waals surface area contributed by atoms with Crippen molar-refractivity contribution in [2.75, 3.05) is 12.4 Å². The van der Waals surface area contributed by atoms with Crippen LogP contribution < -0.4 is 15.8 Å². The fourth-order valence-corrected chi connectivity index (χ4v) is 3.95. The Labute approximate surface area is 163 Å². The molecule has 1 amide bonds. The minimum Gasteiger partial charge on any atom is -0.495 e. The van der Waals surface area contributed by atoms with E-state index in [9.17, 15) is 4.79 Å². The number of halogens is 1. The summed E-state index contributed by atoms with van der Waals surface area (Å²) in [5.41, 5.74) is 8.25. The molecule has 3 N–H and O–H groups in total. The second-order valence-corrected chi connectivity index (χ2v) is 7.15. The zero-order chi connectivity index (χ0) is 17.3. The topological polar surface area (TPSA) is 90.1 Å². The number of primary amides is 1. The highest BCUT2D eigenvalue weighted by atomic mass is 79.9. The van der Waals surface area contributed by atoms with Gasteiger partial charge in [-0.1, -0.05) is 0 Å². The van der Waals surface area contributed by atoms with E-state index in [0.29, 0.717) is 22.1 Å². The number of aromatic nitrogens is 2. The highest BCUT2D eigenvalue weighted by molar-refractivity contribution is 8.93. The Balaban J connectivity index is 0.00000225. The molecule has 132 valence electrons. The van der Waals surface area contributed by atoms with Crippen molar-refractivity contribution in [3.8, 4) is 16.3 Å². The van der Waals surface area contributed by atoms with Crippen molar-refractivity contribution in [3.05, 3.63) is 39.8 Å². The van der Waals surface area contributed by atoms with Crippen LogP contribution in [-0.2, 0) is 0 Å². The van der Waals surface area contributed by atoms with Gasteiger partial charge in [0.2, 0.25) is 5.91 Å². The van der Waals surface area contributed by atoms with Gasteiger partial charge >= 0.3 is 0 Å². The molecule has 9 heteroatoms. The number of carbonyl (C=O) groups is 1. The molecule has 1 aromatic carbocycles. The Morgan fingerprint density at radius 3 is 2.64 bits per heavy atom. The number of hydrogen-bond acceptors (Lipinski definition) is 7. The van der Waals surface area contributed by atoms with E-state index >= 15 is 0 Å². The zero-order valence-corrected chi connectivity index (χ0v) is 17.2. The summed E-state index contributed by atoms with van der Waals surface area (Å²) in [6.45, 7) is 3.96. The molecule has 6 nitrogen and oxygen atoms in total. The fraction of sp³-hybridized carbons (Fsp3) is 0.188. The fourth-order valence-electron chi connectivity index (χ4n) is 2.28. The molecular weight excluding hydrogens is 424 g/mol. The van der Waals surface area contributed by atoms with Crippen molar-refractivity contribution in [1.82, 2.24) is 9.97 Å². The molecule has 0 bridgehead atoms. The molecule has 2 aromatic heterocycles. The summed E-state index contributed by atoms with van der Waals surface area (Å²) in [4.78, 5) is 21.5. The second kappa shape index (κ2) is 7.94. The maximum Gasteiger partial charge on any atom is 0.248 e. The minimum absolute atomic E-state index is 0. The molecule has 2 heterocycles. The van der Waals surface area contributed by atoms with Crippen LogP contribution in [0.15, 0.2) is 23.6 Å². The number of thiazole rings is 2. The average Bonchev–Trinajstić information content (AvgIpc) is 3.13. The minimum atomic E-state index is -0.490. The van der Waals surface area contributed by atoms with Gasteiger partial charge in [0.05, 0.1) is 34.1 Å². The first-order valence-electron chi connectivity index (χ1n) is 7.12. The summed E-state index contributed by atoms with van der Waals surface area (Å²) < 4.78 is 5.32. The van der Waals surface area contributed by atoms with Crippen molar-refractivity contribution in [3.63, 3.8) is 0 Å². The molecule has 0 aliphatic heterocycles. The molecular formula is C16H17BrN4O2S2. The highest BCUT2D eigenvalue weighted by Crippen LogP contribution is 2.35. The number of ether oxygens (including phenoxy) is 1. The number of nitrogens with zero attached hydrogens (tertiary/aromatic N) is 2. The average molecular weight is 441 g/mol. The van der Waals surface area contributed by atoms with E-state index in [1.165, 1.54) is 11.3 Å². The number of carbonyl (C=O) groups excluding carboxylic acids is 1. The molecule has 0 aliphatic carbocycles. The first-order valence-corrected chi connectivity index (χ1v) is 8.82. The smallest absolute Gasteiger partial charge is 0.248 e. The van der Waals surface area contributed by atoms with Gasteiger partial charge in [-0.05, 0) is 32.0 Å². The number of methoxy groups -OCH3 is 1. The van der Waals surface area contributed by atoms with Gasteiger partial charge in [0.15, 0.2) is 5.13 Å². The third-order valence-electron chi connectivity index (χ3n) is 3.37. The molecule has 0 fully saturated rings. The Morgan fingerprint density at radius 1 is 1.28 bits per heavy atom. The second-order valence-electron chi connectivity index (χ2n) is 5.09. The maximum atomic E-state index is 11.4. The van der Waals surface area contributed by atoms with Crippen LogP contribution in [0.25, 0.3) is 10.6 Å². The number of hydrogen-bond donors (Lipinski definition) is 2. The Morgan fingerprint density at radius 2 is 2.04 bits per heavy atom. The maximum absolute atomic E-state index is 11.4.